The number of hydrogen-bond donors (Lipinski definition) is 2. The Morgan fingerprint density at radius 2 is 1.79 bits per heavy atom. The van der Waals surface area contributed by atoms with Crippen molar-refractivity contribution in [2.45, 2.75) is 18.7 Å². The molecule has 0 aliphatic heterocycles. The second-order valence-corrected chi connectivity index (χ2v) is 6.10. The highest BCUT2D eigenvalue weighted by molar-refractivity contribution is 7.92. The molecule has 0 fully saturated rings. The lowest BCUT2D eigenvalue weighted by atomic mass is 10.1. The molecule has 0 radical (unpaired) electrons. The lowest BCUT2D eigenvalue weighted by Gasteiger charge is -2.11. The quantitative estimate of drug-likeness (QED) is 0.906. The van der Waals surface area contributed by atoms with Crippen LogP contribution in [0.15, 0.2) is 47.4 Å². The van der Waals surface area contributed by atoms with E-state index in [1.807, 2.05) is 26.0 Å². The van der Waals surface area contributed by atoms with Crippen LogP contribution in [0, 0.1) is 13.8 Å². The van der Waals surface area contributed by atoms with Gasteiger partial charge in [0, 0.05) is 6.07 Å². The molecule has 0 spiro atoms. The first-order valence-corrected chi connectivity index (χ1v) is 7.26. The topological polar surface area (TPSA) is 66.4 Å². The van der Waals surface area contributed by atoms with E-state index in [0.717, 1.165) is 11.1 Å². The molecule has 4 nitrogen and oxygen atoms in total. The number of nitrogens with one attached hydrogen (secondary N) is 1. The smallest absolute Gasteiger partial charge is 0.262 e. The third kappa shape index (κ3) is 3.06. The fraction of sp³-hybridized carbons (Fsp3) is 0.143. The Bertz CT molecular complexity index is 708. The van der Waals surface area contributed by atoms with Gasteiger partial charge in [-0.15, -0.1) is 0 Å². The molecule has 2 aromatic rings. The van der Waals surface area contributed by atoms with Gasteiger partial charge in [-0.25, -0.2) is 8.42 Å². The maximum atomic E-state index is 12.2. The molecule has 0 aromatic heterocycles. The molecule has 2 rings (SSSR count). The van der Waals surface area contributed by atoms with Crippen LogP contribution in [0.3, 0.4) is 0 Å². The van der Waals surface area contributed by atoms with Gasteiger partial charge in [-0.1, -0.05) is 18.2 Å². The van der Waals surface area contributed by atoms with Crippen LogP contribution in [0.2, 0.25) is 0 Å². The van der Waals surface area contributed by atoms with Gasteiger partial charge in [0.05, 0.1) is 10.6 Å². The third-order valence-electron chi connectivity index (χ3n) is 2.77. The van der Waals surface area contributed by atoms with Crippen LogP contribution in [-0.2, 0) is 10.0 Å². The zero-order valence-corrected chi connectivity index (χ0v) is 11.5. The summed E-state index contributed by atoms with van der Waals surface area (Å²) in [6, 6.07) is 11.1. The molecular formula is C14H15NO3S. The van der Waals surface area contributed by atoms with Crippen molar-refractivity contribution in [2.24, 2.45) is 0 Å². The van der Waals surface area contributed by atoms with E-state index in [1.165, 1.54) is 24.3 Å². The highest BCUT2D eigenvalue weighted by Gasteiger charge is 2.15. The van der Waals surface area contributed by atoms with Crippen molar-refractivity contribution < 1.29 is 13.5 Å². The Kier molecular flexibility index (Phi) is 3.48. The average Bonchev–Trinajstić information content (AvgIpc) is 2.33. The van der Waals surface area contributed by atoms with Gasteiger partial charge in [-0.3, -0.25) is 4.72 Å². The molecular weight excluding hydrogens is 262 g/mol. The predicted molar refractivity (Wildman–Crippen MR) is 74.8 cm³/mol. The second-order valence-electron chi connectivity index (χ2n) is 4.42. The molecule has 2 N–H and O–H groups in total. The summed E-state index contributed by atoms with van der Waals surface area (Å²) in [4.78, 5) is 0.0356. The first-order chi connectivity index (χ1) is 8.88. The van der Waals surface area contributed by atoms with Crippen LogP contribution in [0.5, 0.6) is 5.75 Å². The minimum absolute atomic E-state index is 0.0356. The van der Waals surface area contributed by atoms with Crippen molar-refractivity contribution in [3.8, 4) is 5.75 Å². The van der Waals surface area contributed by atoms with Crippen molar-refractivity contribution in [1.29, 1.82) is 0 Å². The Morgan fingerprint density at radius 1 is 1.05 bits per heavy atom. The van der Waals surface area contributed by atoms with E-state index in [1.54, 1.807) is 6.07 Å². The Balaban J connectivity index is 2.39. The summed E-state index contributed by atoms with van der Waals surface area (Å²) in [5.41, 5.74) is 2.36. The van der Waals surface area contributed by atoms with Crippen molar-refractivity contribution in [1.82, 2.24) is 0 Å². The summed E-state index contributed by atoms with van der Waals surface area (Å²) >= 11 is 0. The maximum absolute atomic E-state index is 12.2. The van der Waals surface area contributed by atoms with Crippen LogP contribution in [0.1, 0.15) is 11.1 Å². The first kappa shape index (κ1) is 13.4. The van der Waals surface area contributed by atoms with Gasteiger partial charge in [0.1, 0.15) is 5.75 Å². The molecule has 0 saturated carbocycles. The SMILES string of the molecule is Cc1ccc(C)c(NS(=O)(=O)c2cccc(O)c2)c1. The van der Waals surface area contributed by atoms with Crippen molar-refractivity contribution in [3.63, 3.8) is 0 Å². The predicted octanol–water partition coefficient (Wildman–Crippen LogP) is 2.81. The number of benzene rings is 2. The van der Waals surface area contributed by atoms with Gasteiger partial charge < -0.3 is 5.11 Å². The fourth-order valence-electron chi connectivity index (χ4n) is 1.70. The molecule has 0 aliphatic rings. The maximum Gasteiger partial charge on any atom is 0.262 e. The van der Waals surface area contributed by atoms with Crippen LogP contribution >= 0.6 is 0 Å². The van der Waals surface area contributed by atoms with Crippen LogP contribution < -0.4 is 4.72 Å². The summed E-state index contributed by atoms with van der Waals surface area (Å²) in [5, 5.41) is 9.35. The molecule has 0 bridgehead atoms. The lowest BCUT2D eigenvalue weighted by molar-refractivity contribution is 0.473. The van der Waals surface area contributed by atoms with Gasteiger partial charge >= 0.3 is 0 Å². The molecule has 0 heterocycles. The minimum atomic E-state index is -3.69. The van der Waals surface area contributed by atoms with Crippen molar-refractivity contribution in [3.05, 3.63) is 53.6 Å². The molecule has 0 amide bonds. The zero-order chi connectivity index (χ0) is 14.0. The van der Waals surface area contributed by atoms with Gasteiger partial charge in [-0.05, 0) is 43.2 Å². The molecule has 0 saturated heterocycles. The molecule has 0 unspecified atom stereocenters. The van der Waals surface area contributed by atoms with Crippen molar-refractivity contribution >= 4 is 15.7 Å². The van der Waals surface area contributed by atoms with Gasteiger partial charge in [0.25, 0.3) is 10.0 Å². The van der Waals surface area contributed by atoms with Crippen LogP contribution in [0.25, 0.3) is 0 Å². The lowest BCUT2D eigenvalue weighted by Crippen LogP contribution is -2.13. The second kappa shape index (κ2) is 4.93. The van der Waals surface area contributed by atoms with E-state index >= 15 is 0 Å². The molecule has 2 aromatic carbocycles. The number of sulfonamides is 1. The molecule has 100 valence electrons. The van der Waals surface area contributed by atoms with Gasteiger partial charge in [0.2, 0.25) is 0 Å². The standard InChI is InChI=1S/C14H15NO3S/c1-10-6-7-11(2)14(8-10)15-19(17,18)13-5-3-4-12(16)9-13/h3-9,15-16H,1-2H3. The summed E-state index contributed by atoms with van der Waals surface area (Å²) < 4.78 is 26.9. The zero-order valence-electron chi connectivity index (χ0n) is 10.7. The highest BCUT2D eigenvalue weighted by atomic mass is 32.2. The number of phenols is 1. The first-order valence-electron chi connectivity index (χ1n) is 5.77. The molecule has 19 heavy (non-hydrogen) atoms. The molecule has 0 aliphatic carbocycles. The number of anilines is 1. The summed E-state index contributed by atoms with van der Waals surface area (Å²) in [6.07, 6.45) is 0. The van der Waals surface area contributed by atoms with E-state index in [4.69, 9.17) is 0 Å². The number of rotatable bonds is 3. The van der Waals surface area contributed by atoms with E-state index in [2.05, 4.69) is 4.72 Å². The summed E-state index contributed by atoms with van der Waals surface area (Å²) in [7, 11) is -3.69. The largest absolute Gasteiger partial charge is 0.508 e. The number of hydrogen-bond acceptors (Lipinski definition) is 3. The Labute approximate surface area is 112 Å². The summed E-state index contributed by atoms with van der Waals surface area (Å²) in [5.74, 6) is -0.0798. The number of phenolic OH excluding ortho intramolecular Hbond substituents is 1. The van der Waals surface area contributed by atoms with E-state index < -0.39 is 10.0 Å². The average molecular weight is 277 g/mol. The van der Waals surface area contributed by atoms with Crippen LogP contribution in [-0.4, -0.2) is 13.5 Å². The monoisotopic (exact) mass is 277 g/mol. The molecule has 5 heteroatoms. The number of aromatic hydroxyl groups is 1. The Morgan fingerprint density at radius 3 is 2.47 bits per heavy atom. The fourth-order valence-corrected chi connectivity index (χ4v) is 2.86. The normalized spacial score (nSPS) is 11.3. The molecule has 0 atom stereocenters. The van der Waals surface area contributed by atoms with Crippen LogP contribution in [0.4, 0.5) is 5.69 Å². The van der Waals surface area contributed by atoms with E-state index in [-0.39, 0.29) is 10.6 Å². The van der Waals surface area contributed by atoms with Gasteiger partial charge in [0.15, 0.2) is 0 Å². The Hall–Kier alpha value is -2.01. The number of aryl methyl sites for hydroxylation is 2. The van der Waals surface area contributed by atoms with Gasteiger partial charge in [-0.2, -0.15) is 0 Å². The highest BCUT2D eigenvalue weighted by Crippen LogP contribution is 2.22. The van der Waals surface area contributed by atoms with Crippen molar-refractivity contribution in [2.75, 3.05) is 4.72 Å². The van der Waals surface area contributed by atoms with E-state index in [0.29, 0.717) is 5.69 Å². The van der Waals surface area contributed by atoms with E-state index in [9.17, 15) is 13.5 Å². The third-order valence-corrected chi connectivity index (χ3v) is 4.13. The minimum Gasteiger partial charge on any atom is -0.508 e. The summed E-state index contributed by atoms with van der Waals surface area (Å²) in [6.45, 7) is 3.73.